The molecule has 2 aliphatic rings. The summed E-state index contributed by atoms with van der Waals surface area (Å²) in [4.78, 5) is 16.6. The quantitative estimate of drug-likeness (QED) is 0.260. The third-order valence-electron chi connectivity index (χ3n) is 7.03. The SMILES string of the molecule is O=[N+]([O-])c1cn2c(n1)O[C@@H](COc1ccc(N3CCC(COCc4ccc(C(F)(F)F)cc4)CC3)cc1)CC2. The summed E-state index contributed by atoms with van der Waals surface area (Å²) in [7, 11) is 0. The number of nitrogens with zero attached hydrogens (tertiary/aromatic N) is 4. The molecule has 12 heteroatoms. The first-order valence-electron chi connectivity index (χ1n) is 12.8. The molecule has 0 aliphatic carbocycles. The molecule has 2 aromatic carbocycles. The van der Waals surface area contributed by atoms with Crippen LogP contribution in [-0.2, 0) is 24.1 Å². The third-order valence-corrected chi connectivity index (χ3v) is 7.03. The Hall–Kier alpha value is -3.80. The first kappa shape index (κ1) is 26.8. The second kappa shape index (κ2) is 11.5. The molecular formula is C27H29F3N4O5. The van der Waals surface area contributed by atoms with E-state index >= 15 is 0 Å². The molecule has 3 heterocycles. The summed E-state index contributed by atoms with van der Waals surface area (Å²) in [6.07, 6.45) is -0.576. The predicted molar refractivity (Wildman–Crippen MR) is 136 cm³/mol. The monoisotopic (exact) mass is 546 g/mol. The lowest BCUT2D eigenvalue weighted by molar-refractivity contribution is -0.389. The molecular weight excluding hydrogens is 517 g/mol. The van der Waals surface area contributed by atoms with Crippen molar-refractivity contribution in [1.29, 1.82) is 0 Å². The number of alkyl halides is 3. The number of piperidine rings is 1. The largest absolute Gasteiger partial charge is 0.490 e. The zero-order valence-electron chi connectivity index (χ0n) is 21.2. The number of hydrogen-bond donors (Lipinski definition) is 0. The minimum Gasteiger partial charge on any atom is -0.490 e. The second-order valence-corrected chi connectivity index (χ2v) is 9.81. The van der Waals surface area contributed by atoms with E-state index in [9.17, 15) is 23.3 Å². The van der Waals surface area contributed by atoms with E-state index < -0.39 is 16.7 Å². The van der Waals surface area contributed by atoms with E-state index in [2.05, 4.69) is 9.88 Å². The maximum absolute atomic E-state index is 12.7. The summed E-state index contributed by atoms with van der Waals surface area (Å²) in [5, 5.41) is 10.9. The first-order chi connectivity index (χ1) is 18.7. The Morgan fingerprint density at radius 2 is 1.72 bits per heavy atom. The highest BCUT2D eigenvalue weighted by molar-refractivity contribution is 5.49. The van der Waals surface area contributed by atoms with Crippen LogP contribution in [0.3, 0.4) is 0 Å². The topological polar surface area (TPSA) is 91.9 Å². The Labute approximate surface area is 223 Å². The Bertz CT molecular complexity index is 1260. The summed E-state index contributed by atoms with van der Waals surface area (Å²) in [6.45, 7) is 3.57. The second-order valence-electron chi connectivity index (χ2n) is 9.81. The molecule has 39 heavy (non-hydrogen) atoms. The molecule has 1 saturated heterocycles. The first-order valence-corrected chi connectivity index (χ1v) is 12.8. The van der Waals surface area contributed by atoms with Crippen molar-refractivity contribution in [3.8, 4) is 11.8 Å². The summed E-state index contributed by atoms with van der Waals surface area (Å²) in [5.74, 6) is 0.900. The molecule has 1 atom stereocenters. The standard InChI is InChI=1S/C27H29F3N4O5/c28-27(29,30)21-3-1-19(2-4-21)16-37-17-20-9-12-32(13-10-20)22-5-7-23(8-6-22)38-18-24-11-14-33-15-25(34(35)36)31-26(33)39-24/h1-8,15,20,24H,9-14,16-18H2/t24-/m1/s1. The molecule has 1 fully saturated rings. The fourth-order valence-electron chi connectivity index (χ4n) is 4.77. The van der Waals surface area contributed by atoms with E-state index in [-0.39, 0.29) is 17.9 Å². The number of benzene rings is 2. The van der Waals surface area contributed by atoms with Gasteiger partial charge in [0.05, 0.1) is 12.2 Å². The zero-order valence-corrected chi connectivity index (χ0v) is 21.2. The molecule has 0 unspecified atom stereocenters. The lowest BCUT2D eigenvalue weighted by Gasteiger charge is -2.33. The zero-order chi connectivity index (χ0) is 27.4. The fraction of sp³-hybridized carbons (Fsp3) is 0.444. The molecule has 0 spiro atoms. The van der Waals surface area contributed by atoms with Crippen LogP contribution in [0.2, 0.25) is 0 Å². The molecule has 208 valence electrons. The number of halogens is 3. The summed E-state index contributed by atoms with van der Waals surface area (Å²) in [5.41, 5.74) is 1.18. The number of aryl methyl sites for hydroxylation is 1. The lowest BCUT2D eigenvalue weighted by atomic mass is 9.97. The van der Waals surface area contributed by atoms with Gasteiger partial charge >= 0.3 is 18.0 Å². The molecule has 1 aromatic heterocycles. The minimum absolute atomic E-state index is 0.225. The van der Waals surface area contributed by atoms with Gasteiger partial charge < -0.3 is 29.2 Å². The highest BCUT2D eigenvalue weighted by atomic mass is 19.4. The maximum Gasteiger partial charge on any atom is 0.416 e. The van der Waals surface area contributed by atoms with Crippen molar-refractivity contribution in [2.45, 2.75) is 44.7 Å². The van der Waals surface area contributed by atoms with Gasteiger partial charge in [-0.15, -0.1) is 0 Å². The van der Waals surface area contributed by atoms with Gasteiger partial charge in [-0.25, -0.2) is 0 Å². The van der Waals surface area contributed by atoms with Crippen molar-refractivity contribution in [2.75, 3.05) is 31.2 Å². The van der Waals surface area contributed by atoms with Crippen LogP contribution in [0.25, 0.3) is 0 Å². The van der Waals surface area contributed by atoms with Gasteiger partial charge in [-0.2, -0.15) is 13.2 Å². The fourth-order valence-corrected chi connectivity index (χ4v) is 4.77. The highest BCUT2D eigenvalue weighted by Gasteiger charge is 2.30. The average Bonchev–Trinajstić information content (AvgIpc) is 3.37. The molecule has 0 amide bonds. The number of ether oxygens (including phenoxy) is 3. The molecule has 0 radical (unpaired) electrons. The number of rotatable bonds is 9. The Kier molecular flexibility index (Phi) is 7.92. The van der Waals surface area contributed by atoms with Gasteiger partial charge in [0.15, 0.2) is 0 Å². The van der Waals surface area contributed by atoms with E-state index in [1.807, 2.05) is 24.3 Å². The van der Waals surface area contributed by atoms with Gasteiger partial charge in [-0.1, -0.05) is 12.1 Å². The summed E-state index contributed by atoms with van der Waals surface area (Å²) < 4.78 is 57.1. The van der Waals surface area contributed by atoms with Gasteiger partial charge in [0.2, 0.25) is 0 Å². The van der Waals surface area contributed by atoms with Crippen LogP contribution in [-0.4, -0.2) is 46.9 Å². The molecule has 0 bridgehead atoms. The summed E-state index contributed by atoms with van der Waals surface area (Å²) in [6, 6.07) is 13.2. The van der Waals surface area contributed by atoms with E-state index in [4.69, 9.17) is 14.2 Å². The highest BCUT2D eigenvalue weighted by Crippen LogP contribution is 2.30. The van der Waals surface area contributed by atoms with Crippen LogP contribution in [0.4, 0.5) is 24.7 Å². The molecule has 5 rings (SSSR count). The molecule has 0 saturated carbocycles. The van der Waals surface area contributed by atoms with Crippen LogP contribution in [0.5, 0.6) is 11.8 Å². The summed E-state index contributed by atoms with van der Waals surface area (Å²) >= 11 is 0. The van der Waals surface area contributed by atoms with E-state index in [1.165, 1.54) is 18.3 Å². The van der Waals surface area contributed by atoms with Crippen molar-refractivity contribution in [1.82, 2.24) is 9.55 Å². The van der Waals surface area contributed by atoms with E-state index in [1.54, 1.807) is 4.57 Å². The smallest absolute Gasteiger partial charge is 0.416 e. The lowest BCUT2D eigenvalue weighted by Crippen LogP contribution is -2.35. The van der Waals surface area contributed by atoms with Crippen molar-refractivity contribution in [3.05, 3.63) is 76.0 Å². The van der Waals surface area contributed by atoms with Crippen LogP contribution >= 0.6 is 0 Å². The number of fused-ring (bicyclic) bond motifs is 1. The van der Waals surface area contributed by atoms with Crippen molar-refractivity contribution < 1.29 is 32.3 Å². The number of aromatic nitrogens is 2. The normalized spacial score (nSPS) is 17.9. The number of imidazole rings is 1. The molecule has 9 nitrogen and oxygen atoms in total. The van der Waals surface area contributed by atoms with Crippen molar-refractivity contribution in [3.63, 3.8) is 0 Å². The van der Waals surface area contributed by atoms with E-state index in [0.29, 0.717) is 44.5 Å². The van der Waals surface area contributed by atoms with Crippen LogP contribution < -0.4 is 14.4 Å². The van der Waals surface area contributed by atoms with Gasteiger partial charge in [0.25, 0.3) is 0 Å². The van der Waals surface area contributed by atoms with Crippen molar-refractivity contribution >= 4 is 11.5 Å². The Morgan fingerprint density at radius 1 is 1.00 bits per heavy atom. The van der Waals surface area contributed by atoms with Gasteiger partial charge in [0, 0.05) is 43.3 Å². The predicted octanol–water partition coefficient (Wildman–Crippen LogP) is 5.47. The van der Waals surface area contributed by atoms with Gasteiger partial charge in [-0.05, 0) is 65.6 Å². The number of nitro groups is 1. The maximum atomic E-state index is 12.7. The number of hydrogen-bond acceptors (Lipinski definition) is 7. The minimum atomic E-state index is -4.33. The third kappa shape index (κ3) is 6.80. The van der Waals surface area contributed by atoms with Gasteiger partial charge in [0.1, 0.15) is 24.7 Å². The molecule has 3 aromatic rings. The van der Waals surface area contributed by atoms with Crippen LogP contribution in [0.1, 0.15) is 30.4 Å². The Balaban J connectivity index is 1.02. The van der Waals surface area contributed by atoms with Crippen molar-refractivity contribution in [2.24, 2.45) is 5.92 Å². The van der Waals surface area contributed by atoms with Crippen LogP contribution in [0.15, 0.2) is 54.7 Å². The van der Waals surface area contributed by atoms with Gasteiger partial charge in [-0.3, -0.25) is 4.57 Å². The molecule has 0 N–H and O–H groups in total. The number of anilines is 1. The van der Waals surface area contributed by atoms with E-state index in [0.717, 1.165) is 49.3 Å². The van der Waals surface area contributed by atoms with Crippen LogP contribution in [0, 0.1) is 16.0 Å². The molecule has 2 aliphatic heterocycles. The average molecular weight is 547 g/mol. The Morgan fingerprint density at radius 3 is 2.38 bits per heavy atom.